The maximum atomic E-state index is 12.3. The van der Waals surface area contributed by atoms with Crippen LogP contribution in [0.25, 0.3) is 0 Å². The third kappa shape index (κ3) is 2.73. The SMILES string of the molecule is COC(=O)C1(NC2CC2)CCC(N2CCCCC2C)C1. The van der Waals surface area contributed by atoms with Crippen LogP contribution in [0.2, 0.25) is 0 Å². The zero-order valence-electron chi connectivity index (χ0n) is 12.9. The average molecular weight is 280 g/mol. The monoisotopic (exact) mass is 280 g/mol. The summed E-state index contributed by atoms with van der Waals surface area (Å²) < 4.78 is 5.11. The van der Waals surface area contributed by atoms with Crippen molar-refractivity contribution in [2.24, 2.45) is 0 Å². The minimum absolute atomic E-state index is 0.0448. The van der Waals surface area contributed by atoms with Crippen molar-refractivity contribution >= 4 is 5.97 Å². The highest BCUT2D eigenvalue weighted by Gasteiger charge is 2.50. The van der Waals surface area contributed by atoms with Crippen molar-refractivity contribution < 1.29 is 9.53 Å². The number of hydrogen-bond donors (Lipinski definition) is 1. The molecule has 3 rings (SSSR count). The van der Waals surface area contributed by atoms with Crippen molar-refractivity contribution in [1.29, 1.82) is 0 Å². The van der Waals surface area contributed by atoms with Gasteiger partial charge in [0.25, 0.3) is 0 Å². The number of nitrogens with one attached hydrogen (secondary N) is 1. The Morgan fingerprint density at radius 1 is 1.25 bits per heavy atom. The lowest BCUT2D eigenvalue weighted by atomic mass is 9.95. The molecule has 0 radical (unpaired) electrons. The molecule has 114 valence electrons. The normalized spacial score (nSPS) is 38.9. The van der Waals surface area contributed by atoms with Crippen LogP contribution in [0.1, 0.15) is 58.3 Å². The lowest BCUT2D eigenvalue weighted by molar-refractivity contribution is -0.148. The van der Waals surface area contributed by atoms with Gasteiger partial charge in [0.1, 0.15) is 5.54 Å². The largest absolute Gasteiger partial charge is 0.468 e. The molecule has 4 heteroatoms. The van der Waals surface area contributed by atoms with E-state index in [-0.39, 0.29) is 5.97 Å². The summed E-state index contributed by atoms with van der Waals surface area (Å²) in [5, 5.41) is 3.60. The molecule has 0 amide bonds. The predicted molar refractivity (Wildman–Crippen MR) is 78.6 cm³/mol. The number of ether oxygens (including phenoxy) is 1. The summed E-state index contributed by atoms with van der Waals surface area (Å²) in [6.07, 6.45) is 9.38. The highest BCUT2D eigenvalue weighted by molar-refractivity contribution is 5.81. The van der Waals surface area contributed by atoms with Crippen molar-refractivity contribution in [3.63, 3.8) is 0 Å². The number of hydrogen-bond acceptors (Lipinski definition) is 4. The Balaban J connectivity index is 1.69. The molecule has 0 aromatic carbocycles. The Bertz CT molecular complexity index is 369. The highest BCUT2D eigenvalue weighted by Crippen LogP contribution is 2.39. The number of likely N-dealkylation sites (tertiary alicyclic amines) is 1. The van der Waals surface area contributed by atoms with E-state index in [1.807, 2.05) is 0 Å². The van der Waals surface area contributed by atoms with Crippen LogP contribution in [0.3, 0.4) is 0 Å². The first kappa shape index (κ1) is 14.3. The van der Waals surface area contributed by atoms with Gasteiger partial charge in [-0.1, -0.05) is 6.42 Å². The lowest BCUT2D eigenvalue weighted by Crippen LogP contribution is -2.53. The Kier molecular flexibility index (Phi) is 4.04. The molecule has 1 saturated heterocycles. The van der Waals surface area contributed by atoms with E-state index in [4.69, 9.17) is 4.74 Å². The third-order valence-corrected chi connectivity index (χ3v) is 5.45. The molecule has 3 atom stereocenters. The van der Waals surface area contributed by atoms with Crippen molar-refractivity contribution in [2.45, 2.75) is 82.0 Å². The number of carbonyl (C=O) groups excluding carboxylic acids is 1. The van der Waals surface area contributed by atoms with E-state index in [0.717, 1.165) is 19.3 Å². The van der Waals surface area contributed by atoms with Crippen molar-refractivity contribution in [1.82, 2.24) is 10.2 Å². The first-order valence-corrected chi connectivity index (χ1v) is 8.26. The van der Waals surface area contributed by atoms with Gasteiger partial charge in [0.2, 0.25) is 0 Å². The molecule has 3 aliphatic rings. The molecule has 2 aliphatic carbocycles. The fraction of sp³-hybridized carbons (Fsp3) is 0.938. The lowest BCUT2D eigenvalue weighted by Gasteiger charge is -2.39. The molecule has 0 aromatic heterocycles. The number of carbonyl (C=O) groups is 1. The van der Waals surface area contributed by atoms with E-state index >= 15 is 0 Å². The molecule has 1 N–H and O–H groups in total. The van der Waals surface area contributed by atoms with Crippen LogP contribution in [0.5, 0.6) is 0 Å². The van der Waals surface area contributed by atoms with Gasteiger partial charge in [-0.25, -0.2) is 0 Å². The van der Waals surface area contributed by atoms with Crippen LogP contribution >= 0.6 is 0 Å². The smallest absolute Gasteiger partial charge is 0.326 e. The fourth-order valence-corrected chi connectivity index (χ4v) is 4.15. The van der Waals surface area contributed by atoms with Crippen molar-refractivity contribution in [3.05, 3.63) is 0 Å². The van der Waals surface area contributed by atoms with Gasteiger partial charge in [0, 0.05) is 18.1 Å². The zero-order valence-corrected chi connectivity index (χ0v) is 12.9. The summed E-state index contributed by atoms with van der Waals surface area (Å²) in [4.78, 5) is 14.9. The summed E-state index contributed by atoms with van der Waals surface area (Å²) >= 11 is 0. The van der Waals surface area contributed by atoms with Crippen LogP contribution in [0, 0.1) is 0 Å². The van der Waals surface area contributed by atoms with Gasteiger partial charge in [-0.15, -0.1) is 0 Å². The molecule has 3 fully saturated rings. The topological polar surface area (TPSA) is 41.6 Å². The van der Waals surface area contributed by atoms with Gasteiger partial charge in [-0.05, 0) is 58.4 Å². The molecule has 2 saturated carbocycles. The van der Waals surface area contributed by atoms with Gasteiger partial charge >= 0.3 is 5.97 Å². The van der Waals surface area contributed by atoms with Gasteiger partial charge < -0.3 is 4.74 Å². The van der Waals surface area contributed by atoms with E-state index < -0.39 is 5.54 Å². The summed E-state index contributed by atoms with van der Waals surface area (Å²) in [5.74, 6) is -0.0448. The Labute approximate surface area is 122 Å². The molecule has 1 heterocycles. The van der Waals surface area contributed by atoms with E-state index in [0.29, 0.717) is 18.1 Å². The Hall–Kier alpha value is -0.610. The Morgan fingerprint density at radius 3 is 2.70 bits per heavy atom. The van der Waals surface area contributed by atoms with Crippen LogP contribution in [0.4, 0.5) is 0 Å². The molecule has 1 aliphatic heterocycles. The zero-order chi connectivity index (χ0) is 14.2. The number of methoxy groups -OCH3 is 1. The number of rotatable bonds is 4. The van der Waals surface area contributed by atoms with Crippen molar-refractivity contribution in [2.75, 3.05) is 13.7 Å². The maximum Gasteiger partial charge on any atom is 0.326 e. The third-order valence-electron chi connectivity index (χ3n) is 5.45. The second-order valence-corrected chi connectivity index (χ2v) is 6.97. The van der Waals surface area contributed by atoms with E-state index in [1.165, 1.54) is 45.8 Å². The number of piperidine rings is 1. The quantitative estimate of drug-likeness (QED) is 0.801. The summed E-state index contributed by atoms with van der Waals surface area (Å²) in [6, 6.07) is 1.77. The molecule has 0 aromatic rings. The Morgan fingerprint density at radius 2 is 2.05 bits per heavy atom. The second kappa shape index (κ2) is 5.64. The average Bonchev–Trinajstić information content (AvgIpc) is 3.16. The van der Waals surface area contributed by atoms with Crippen LogP contribution in [-0.2, 0) is 9.53 Å². The molecular weight excluding hydrogens is 252 g/mol. The maximum absolute atomic E-state index is 12.3. The first-order chi connectivity index (χ1) is 9.64. The summed E-state index contributed by atoms with van der Waals surface area (Å²) in [7, 11) is 1.52. The standard InChI is InChI=1S/C16H28N2O2/c1-12-5-3-4-10-18(12)14-8-9-16(11-14,15(19)20-2)17-13-6-7-13/h12-14,17H,3-11H2,1-2H3. The van der Waals surface area contributed by atoms with Gasteiger partial charge in [0.05, 0.1) is 7.11 Å². The molecule has 3 unspecified atom stereocenters. The summed E-state index contributed by atoms with van der Waals surface area (Å²) in [6.45, 7) is 3.54. The minimum atomic E-state index is -0.405. The van der Waals surface area contributed by atoms with Gasteiger partial charge in [-0.3, -0.25) is 15.0 Å². The van der Waals surface area contributed by atoms with Crippen LogP contribution in [-0.4, -0.2) is 48.2 Å². The summed E-state index contributed by atoms with van der Waals surface area (Å²) in [5.41, 5.74) is -0.405. The number of nitrogens with zero attached hydrogens (tertiary/aromatic N) is 1. The van der Waals surface area contributed by atoms with Gasteiger partial charge in [0.15, 0.2) is 0 Å². The minimum Gasteiger partial charge on any atom is -0.468 e. The van der Waals surface area contributed by atoms with Crippen LogP contribution in [0.15, 0.2) is 0 Å². The number of esters is 1. The molecule has 0 bridgehead atoms. The van der Waals surface area contributed by atoms with Gasteiger partial charge in [-0.2, -0.15) is 0 Å². The molecule has 0 spiro atoms. The molecule has 20 heavy (non-hydrogen) atoms. The highest BCUT2D eigenvalue weighted by atomic mass is 16.5. The second-order valence-electron chi connectivity index (χ2n) is 6.97. The van der Waals surface area contributed by atoms with E-state index in [9.17, 15) is 4.79 Å². The first-order valence-electron chi connectivity index (χ1n) is 8.26. The predicted octanol–water partition coefficient (Wildman–Crippen LogP) is 2.08. The van der Waals surface area contributed by atoms with E-state index in [2.05, 4.69) is 17.1 Å². The fourth-order valence-electron chi connectivity index (χ4n) is 4.15. The molecule has 4 nitrogen and oxygen atoms in total. The molecular formula is C16H28N2O2. The van der Waals surface area contributed by atoms with Crippen molar-refractivity contribution in [3.8, 4) is 0 Å². The van der Waals surface area contributed by atoms with Crippen LogP contribution < -0.4 is 5.32 Å². The van der Waals surface area contributed by atoms with E-state index in [1.54, 1.807) is 0 Å².